The van der Waals surface area contributed by atoms with Crippen molar-refractivity contribution in [3.8, 4) is 0 Å². The third-order valence-electron chi connectivity index (χ3n) is 5.11. The molecule has 5 nitrogen and oxygen atoms in total. The van der Waals surface area contributed by atoms with Gasteiger partial charge in [-0.1, -0.05) is 42.1 Å². The molecule has 1 aromatic carbocycles. The second kappa shape index (κ2) is 8.91. The summed E-state index contributed by atoms with van der Waals surface area (Å²) in [6, 6.07) is 25.8. The van der Waals surface area contributed by atoms with Crippen molar-refractivity contribution in [3.05, 3.63) is 108 Å². The Bertz CT molecular complexity index is 1150. The van der Waals surface area contributed by atoms with Gasteiger partial charge in [0.15, 0.2) is 10.2 Å². The molecule has 1 aliphatic heterocycles. The Hall–Kier alpha value is -3.16. The molecule has 0 unspecified atom stereocenters. The molecule has 0 amide bonds. The second-order valence-electron chi connectivity index (χ2n) is 7.15. The van der Waals surface area contributed by atoms with Crippen molar-refractivity contribution < 1.29 is 4.42 Å². The van der Waals surface area contributed by atoms with Gasteiger partial charge in [0.1, 0.15) is 11.8 Å². The summed E-state index contributed by atoms with van der Waals surface area (Å²) >= 11 is 7.32. The summed E-state index contributed by atoms with van der Waals surface area (Å²) in [6.45, 7) is 0.586. The predicted molar refractivity (Wildman–Crippen MR) is 125 cm³/mol. The van der Waals surface area contributed by atoms with Crippen LogP contribution in [0.1, 0.15) is 29.2 Å². The van der Waals surface area contributed by atoms with Crippen LogP contribution in [0, 0.1) is 0 Å². The van der Waals surface area contributed by atoms with Crippen LogP contribution in [0.3, 0.4) is 0 Å². The van der Waals surface area contributed by atoms with Gasteiger partial charge in [0.2, 0.25) is 0 Å². The first-order valence-electron chi connectivity index (χ1n) is 9.98. The number of furan rings is 1. The fourth-order valence-electron chi connectivity index (χ4n) is 3.70. The highest BCUT2D eigenvalue weighted by Crippen LogP contribution is 2.41. The van der Waals surface area contributed by atoms with Gasteiger partial charge in [-0.15, -0.1) is 0 Å². The molecule has 4 aromatic rings. The molecule has 0 saturated carbocycles. The van der Waals surface area contributed by atoms with Crippen LogP contribution in [0.25, 0.3) is 0 Å². The van der Waals surface area contributed by atoms with E-state index in [0.29, 0.717) is 11.7 Å². The van der Waals surface area contributed by atoms with Gasteiger partial charge in [-0.2, -0.15) is 0 Å². The predicted octanol–water partition coefficient (Wildman–Crippen LogP) is 5.39. The van der Waals surface area contributed by atoms with Gasteiger partial charge in [-0.05, 0) is 60.7 Å². The summed E-state index contributed by atoms with van der Waals surface area (Å²) < 4.78 is 6.31. The van der Waals surface area contributed by atoms with E-state index in [9.17, 15) is 0 Å². The van der Waals surface area contributed by atoms with Crippen molar-refractivity contribution in [2.24, 2.45) is 0 Å². The average molecular weight is 445 g/mol. The van der Waals surface area contributed by atoms with Crippen molar-refractivity contribution in [3.63, 3.8) is 0 Å². The molecule has 4 heterocycles. The first-order valence-corrected chi connectivity index (χ1v) is 11.2. The summed E-state index contributed by atoms with van der Waals surface area (Å²) in [5.41, 5.74) is 1.87. The number of aromatic nitrogens is 2. The molecule has 2 atom stereocenters. The number of hydrogen-bond acceptors (Lipinski definition) is 5. The maximum absolute atomic E-state index is 6.31. The second-order valence-corrected chi connectivity index (χ2v) is 8.61. The minimum Gasteiger partial charge on any atom is -0.452 e. The Kier molecular flexibility index (Phi) is 5.69. The minimum absolute atomic E-state index is 0.113. The quantitative estimate of drug-likeness (QED) is 0.400. The number of pyridine rings is 2. The molecule has 1 N–H and O–H groups in total. The highest BCUT2D eigenvalue weighted by atomic mass is 32.2. The smallest absolute Gasteiger partial charge is 0.170 e. The van der Waals surface area contributed by atoms with E-state index in [2.05, 4.69) is 32.3 Å². The molecular formula is C24H20N4OS2. The van der Waals surface area contributed by atoms with Gasteiger partial charge in [0, 0.05) is 17.3 Å². The molecule has 0 spiro atoms. The Morgan fingerprint density at radius 3 is 2.42 bits per heavy atom. The van der Waals surface area contributed by atoms with Gasteiger partial charge >= 0.3 is 0 Å². The Labute approximate surface area is 190 Å². The number of nitrogens with zero attached hydrogens (tertiary/aromatic N) is 3. The lowest BCUT2D eigenvalue weighted by atomic mass is 10.0. The SMILES string of the molecule is S=C1N[C@H](c2ccccn2)[C@@H](c2ccc(Sc3ccccc3)o2)N1Cc1ccccn1. The van der Waals surface area contributed by atoms with Crippen LogP contribution in [0.5, 0.6) is 0 Å². The normalized spacial score (nSPS) is 18.2. The first kappa shape index (κ1) is 19.8. The third-order valence-corrected chi connectivity index (χ3v) is 6.39. The van der Waals surface area contributed by atoms with Crippen LogP contribution in [-0.4, -0.2) is 20.0 Å². The minimum atomic E-state index is -0.130. The van der Waals surface area contributed by atoms with Crippen LogP contribution in [-0.2, 0) is 6.54 Å². The van der Waals surface area contributed by atoms with Gasteiger partial charge in [0.05, 0.1) is 24.0 Å². The van der Waals surface area contributed by atoms with Crippen molar-refractivity contribution in [1.29, 1.82) is 0 Å². The first-order chi connectivity index (χ1) is 15.3. The van der Waals surface area contributed by atoms with Gasteiger partial charge in [-0.3, -0.25) is 9.97 Å². The molecular weight excluding hydrogens is 424 g/mol. The fraction of sp³-hybridized carbons (Fsp3) is 0.125. The number of rotatable bonds is 6. The monoisotopic (exact) mass is 444 g/mol. The third kappa shape index (κ3) is 4.33. The maximum atomic E-state index is 6.31. The zero-order valence-corrected chi connectivity index (χ0v) is 18.2. The number of nitrogens with one attached hydrogen (secondary N) is 1. The summed E-state index contributed by atoms with van der Waals surface area (Å²) in [4.78, 5) is 12.3. The Morgan fingerprint density at radius 2 is 1.68 bits per heavy atom. The van der Waals surface area contributed by atoms with Crippen molar-refractivity contribution in [2.45, 2.75) is 28.6 Å². The molecule has 0 radical (unpaired) electrons. The van der Waals surface area contributed by atoms with Crippen LogP contribution >= 0.6 is 24.0 Å². The number of hydrogen-bond donors (Lipinski definition) is 1. The topological polar surface area (TPSA) is 54.2 Å². The van der Waals surface area contributed by atoms with Crippen molar-refractivity contribution in [2.75, 3.05) is 0 Å². The molecule has 1 saturated heterocycles. The Morgan fingerprint density at radius 1 is 0.903 bits per heavy atom. The van der Waals surface area contributed by atoms with Crippen LogP contribution in [0.4, 0.5) is 0 Å². The zero-order valence-electron chi connectivity index (χ0n) is 16.6. The van der Waals surface area contributed by atoms with Crippen molar-refractivity contribution in [1.82, 2.24) is 20.2 Å². The molecule has 1 fully saturated rings. The van der Waals surface area contributed by atoms with E-state index in [1.165, 1.54) is 0 Å². The number of benzene rings is 1. The average Bonchev–Trinajstić information content (AvgIpc) is 3.40. The van der Waals surface area contributed by atoms with Gasteiger partial charge in [0.25, 0.3) is 0 Å². The highest BCUT2D eigenvalue weighted by Gasteiger charge is 2.41. The lowest BCUT2D eigenvalue weighted by Crippen LogP contribution is -2.29. The maximum Gasteiger partial charge on any atom is 0.170 e. The molecule has 31 heavy (non-hydrogen) atoms. The van der Waals surface area contributed by atoms with Crippen LogP contribution < -0.4 is 5.32 Å². The van der Waals surface area contributed by atoms with Crippen LogP contribution in [0.2, 0.25) is 0 Å². The van der Waals surface area contributed by atoms with E-state index >= 15 is 0 Å². The summed E-state index contributed by atoms with van der Waals surface area (Å²) in [5.74, 6) is 0.845. The molecule has 7 heteroatoms. The van der Waals surface area contributed by atoms with Gasteiger partial charge in [-0.25, -0.2) is 0 Å². The Balaban J connectivity index is 1.48. The van der Waals surface area contributed by atoms with E-state index in [1.54, 1.807) is 24.2 Å². The summed E-state index contributed by atoms with van der Waals surface area (Å²) in [5, 5.41) is 4.96. The molecule has 1 aliphatic rings. The van der Waals surface area contributed by atoms with E-state index in [1.807, 2.05) is 66.7 Å². The van der Waals surface area contributed by atoms with Crippen LogP contribution in [0.15, 0.2) is 106 Å². The lowest BCUT2D eigenvalue weighted by molar-refractivity contribution is 0.253. The van der Waals surface area contributed by atoms with E-state index in [-0.39, 0.29) is 12.1 Å². The highest BCUT2D eigenvalue weighted by molar-refractivity contribution is 7.99. The van der Waals surface area contributed by atoms with Gasteiger partial charge < -0.3 is 14.6 Å². The van der Waals surface area contributed by atoms with E-state index in [0.717, 1.165) is 27.1 Å². The molecule has 0 aliphatic carbocycles. The summed E-state index contributed by atoms with van der Waals surface area (Å²) in [7, 11) is 0. The van der Waals surface area contributed by atoms with E-state index < -0.39 is 0 Å². The number of thiocarbonyl (C=S) groups is 1. The van der Waals surface area contributed by atoms with E-state index in [4.69, 9.17) is 16.6 Å². The molecule has 0 bridgehead atoms. The van der Waals surface area contributed by atoms with Crippen molar-refractivity contribution >= 4 is 29.1 Å². The standard InChI is InChI=1S/C24H20N4OS2/c30-24-27-22(19-11-5-7-15-26-19)23(28(24)16-17-8-4-6-14-25-17)20-12-13-21(29-20)31-18-9-2-1-3-10-18/h1-15,22-23H,16H2,(H,27,30)/t22-,23-/m1/s1. The molecule has 5 rings (SSSR count). The summed E-state index contributed by atoms with van der Waals surface area (Å²) in [6.07, 6.45) is 3.60. The zero-order chi connectivity index (χ0) is 21.0. The molecule has 3 aromatic heterocycles. The molecule has 154 valence electrons. The fourth-order valence-corrected chi connectivity index (χ4v) is 4.81. The lowest BCUT2D eigenvalue weighted by Gasteiger charge is -2.25. The largest absolute Gasteiger partial charge is 0.452 e.